The normalized spacial score (nSPS) is 13.0. The third kappa shape index (κ3) is 2.50. The summed E-state index contributed by atoms with van der Waals surface area (Å²) in [6.07, 6.45) is 0. The molecule has 2 nitrogen and oxygen atoms in total. The molecule has 0 radical (unpaired) electrons. The Bertz CT molecular complexity index is 1330. The highest BCUT2D eigenvalue weighted by Crippen LogP contribution is 2.52. The lowest BCUT2D eigenvalue weighted by Gasteiger charge is -2.31. The van der Waals surface area contributed by atoms with Crippen LogP contribution in [0.2, 0.25) is 0 Å². The number of benzene rings is 5. The smallest absolute Gasteiger partial charge is 0.132 e. The van der Waals surface area contributed by atoms with Crippen molar-refractivity contribution in [2.45, 2.75) is 5.92 Å². The summed E-state index contributed by atoms with van der Waals surface area (Å²) < 4.78 is 12.0. The van der Waals surface area contributed by atoms with E-state index in [-0.39, 0.29) is 5.92 Å². The topological polar surface area (TPSA) is 18.5 Å². The van der Waals surface area contributed by atoms with E-state index in [9.17, 15) is 0 Å². The van der Waals surface area contributed by atoms with Crippen LogP contribution < -0.4 is 9.47 Å². The molecule has 2 heteroatoms. The largest absolute Gasteiger partial charge is 0.497 e. The average molecular weight is 388 g/mol. The average Bonchev–Trinajstić information content (AvgIpc) is 2.82. The molecule has 1 heterocycles. The summed E-state index contributed by atoms with van der Waals surface area (Å²) in [4.78, 5) is 0. The van der Waals surface area contributed by atoms with Gasteiger partial charge in [0, 0.05) is 17.0 Å². The van der Waals surface area contributed by atoms with Crippen molar-refractivity contribution in [3.63, 3.8) is 0 Å². The second-order valence-corrected chi connectivity index (χ2v) is 7.71. The van der Waals surface area contributed by atoms with Crippen molar-refractivity contribution in [3.05, 3.63) is 114 Å². The highest BCUT2D eigenvalue weighted by atomic mass is 16.5. The lowest BCUT2D eigenvalue weighted by atomic mass is 9.78. The highest BCUT2D eigenvalue weighted by molar-refractivity contribution is 5.95. The van der Waals surface area contributed by atoms with Gasteiger partial charge in [0.05, 0.1) is 7.11 Å². The zero-order chi connectivity index (χ0) is 20.1. The van der Waals surface area contributed by atoms with Gasteiger partial charge in [0.2, 0.25) is 0 Å². The van der Waals surface area contributed by atoms with Crippen LogP contribution in [0, 0.1) is 0 Å². The fourth-order valence-electron chi connectivity index (χ4n) is 4.74. The minimum atomic E-state index is 0.0519. The van der Waals surface area contributed by atoms with E-state index in [1.54, 1.807) is 7.11 Å². The minimum Gasteiger partial charge on any atom is -0.497 e. The molecule has 0 unspecified atom stereocenters. The van der Waals surface area contributed by atoms with E-state index in [0.29, 0.717) is 0 Å². The molecule has 0 aliphatic carbocycles. The van der Waals surface area contributed by atoms with E-state index in [1.165, 1.54) is 38.2 Å². The van der Waals surface area contributed by atoms with Gasteiger partial charge < -0.3 is 9.47 Å². The molecule has 0 N–H and O–H groups in total. The number of fused-ring (bicyclic) bond motifs is 6. The van der Waals surface area contributed by atoms with Gasteiger partial charge in [-0.15, -0.1) is 0 Å². The maximum absolute atomic E-state index is 6.47. The molecule has 0 atom stereocenters. The van der Waals surface area contributed by atoms with E-state index >= 15 is 0 Å². The molecule has 0 saturated carbocycles. The van der Waals surface area contributed by atoms with Gasteiger partial charge in [-0.3, -0.25) is 0 Å². The molecule has 6 rings (SSSR count). The molecular weight excluding hydrogens is 368 g/mol. The quantitative estimate of drug-likeness (QED) is 0.310. The number of rotatable bonds is 2. The number of methoxy groups -OCH3 is 1. The maximum Gasteiger partial charge on any atom is 0.132 e. The van der Waals surface area contributed by atoms with Gasteiger partial charge in [-0.05, 0) is 51.4 Å². The van der Waals surface area contributed by atoms with Gasteiger partial charge >= 0.3 is 0 Å². The predicted octanol–water partition coefficient (Wildman–Crippen LogP) is 7.29. The molecule has 0 saturated heterocycles. The first-order valence-electron chi connectivity index (χ1n) is 10.2. The Hall–Kier alpha value is -3.78. The van der Waals surface area contributed by atoms with Crippen molar-refractivity contribution in [2.75, 3.05) is 7.11 Å². The molecule has 5 aromatic rings. The first-order chi connectivity index (χ1) is 14.8. The summed E-state index contributed by atoms with van der Waals surface area (Å²) in [5.74, 6) is 2.76. The fraction of sp³-hybridized carbons (Fsp3) is 0.0714. The van der Waals surface area contributed by atoms with Crippen LogP contribution in [0.3, 0.4) is 0 Å². The predicted molar refractivity (Wildman–Crippen MR) is 122 cm³/mol. The molecule has 30 heavy (non-hydrogen) atoms. The second-order valence-electron chi connectivity index (χ2n) is 7.71. The van der Waals surface area contributed by atoms with Crippen LogP contribution in [0.25, 0.3) is 21.5 Å². The zero-order valence-corrected chi connectivity index (χ0v) is 16.6. The third-order valence-electron chi connectivity index (χ3n) is 6.09. The second kappa shape index (κ2) is 6.64. The Morgan fingerprint density at radius 2 is 1.23 bits per heavy atom. The van der Waals surface area contributed by atoms with Crippen molar-refractivity contribution in [1.29, 1.82) is 0 Å². The molecule has 0 aromatic heterocycles. The van der Waals surface area contributed by atoms with E-state index in [1.807, 2.05) is 6.07 Å². The van der Waals surface area contributed by atoms with Crippen LogP contribution in [0.4, 0.5) is 0 Å². The molecule has 144 valence electrons. The molecular formula is C28H20O2. The Morgan fingerprint density at radius 1 is 0.633 bits per heavy atom. The van der Waals surface area contributed by atoms with E-state index < -0.39 is 0 Å². The van der Waals surface area contributed by atoms with Crippen LogP contribution >= 0.6 is 0 Å². The van der Waals surface area contributed by atoms with E-state index in [0.717, 1.165) is 17.2 Å². The summed E-state index contributed by atoms with van der Waals surface area (Å²) >= 11 is 0. The molecule has 5 aromatic carbocycles. The summed E-state index contributed by atoms with van der Waals surface area (Å²) in [6.45, 7) is 0. The number of hydrogen-bond donors (Lipinski definition) is 0. The van der Waals surface area contributed by atoms with Crippen LogP contribution in [0.15, 0.2) is 97.1 Å². The fourth-order valence-corrected chi connectivity index (χ4v) is 4.74. The lowest BCUT2D eigenvalue weighted by Crippen LogP contribution is -2.13. The van der Waals surface area contributed by atoms with Crippen LogP contribution in [-0.2, 0) is 0 Å². The van der Waals surface area contributed by atoms with Gasteiger partial charge in [-0.2, -0.15) is 0 Å². The number of hydrogen-bond acceptors (Lipinski definition) is 2. The van der Waals surface area contributed by atoms with Crippen LogP contribution in [-0.4, -0.2) is 7.11 Å². The SMILES string of the molecule is COc1cccc(C2c3c(ccc4ccccc34)Oc3ccc4ccccc4c32)c1. The molecule has 0 fully saturated rings. The van der Waals surface area contributed by atoms with Gasteiger partial charge in [0.15, 0.2) is 0 Å². The molecule has 0 bridgehead atoms. The maximum atomic E-state index is 6.47. The van der Waals surface area contributed by atoms with Gasteiger partial charge in [-0.1, -0.05) is 72.8 Å². The van der Waals surface area contributed by atoms with Crippen molar-refractivity contribution in [2.24, 2.45) is 0 Å². The number of ether oxygens (including phenoxy) is 2. The van der Waals surface area contributed by atoms with Gasteiger partial charge in [0.25, 0.3) is 0 Å². The Balaban J connectivity index is 1.74. The summed E-state index contributed by atoms with van der Waals surface area (Å²) in [5.41, 5.74) is 3.63. The first-order valence-corrected chi connectivity index (χ1v) is 10.2. The summed E-state index contributed by atoms with van der Waals surface area (Å²) in [6, 6.07) is 34.0. The van der Waals surface area contributed by atoms with Gasteiger partial charge in [0.1, 0.15) is 17.2 Å². The van der Waals surface area contributed by atoms with Crippen LogP contribution in [0.1, 0.15) is 22.6 Å². The van der Waals surface area contributed by atoms with E-state index in [2.05, 4.69) is 91.0 Å². The van der Waals surface area contributed by atoms with Crippen LogP contribution in [0.5, 0.6) is 17.2 Å². The minimum absolute atomic E-state index is 0.0519. The Labute approximate surface area is 175 Å². The molecule has 0 amide bonds. The third-order valence-corrected chi connectivity index (χ3v) is 6.09. The first kappa shape index (κ1) is 17.1. The van der Waals surface area contributed by atoms with E-state index in [4.69, 9.17) is 9.47 Å². The zero-order valence-electron chi connectivity index (χ0n) is 16.6. The molecule has 1 aliphatic rings. The summed E-state index contributed by atoms with van der Waals surface area (Å²) in [7, 11) is 1.72. The van der Waals surface area contributed by atoms with Crippen molar-refractivity contribution < 1.29 is 9.47 Å². The Morgan fingerprint density at radius 3 is 1.83 bits per heavy atom. The monoisotopic (exact) mass is 388 g/mol. The lowest BCUT2D eigenvalue weighted by molar-refractivity contribution is 0.413. The molecule has 0 spiro atoms. The summed E-state index contributed by atoms with van der Waals surface area (Å²) in [5, 5.41) is 4.88. The van der Waals surface area contributed by atoms with Crippen molar-refractivity contribution >= 4 is 21.5 Å². The van der Waals surface area contributed by atoms with Crippen molar-refractivity contribution in [3.8, 4) is 17.2 Å². The van der Waals surface area contributed by atoms with Gasteiger partial charge in [-0.25, -0.2) is 0 Å². The van der Waals surface area contributed by atoms with Crippen molar-refractivity contribution in [1.82, 2.24) is 0 Å². The Kier molecular flexibility index (Phi) is 3.78. The highest BCUT2D eigenvalue weighted by Gasteiger charge is 2.32. The standard InChI is InChI=1S/C28H20O2/c1-29-21-10-6-9-20(17-21)26-27-22-11-4-2-7-18(22)13-15-24(27)30-25-16-14-19-8-3-5-12-23(19)28(25)26/h2-17,26H,1H3. The molecule has 1 aliphatic heterocycles.